The number of para-hydroxylation sites is 2. The van der Waals surface area contributed by atoms with E-state index >= 15 is 0 Å². The van der Waals surface area contributed by atoms with Crippen molar-refractivity contribution in [2.75, 3.05) is 0 Å². The van der Waals surface area contributed by atoms with E-state index in [4.69, 9.17) is 0 Å². The summed E-state index contributed by atoms with van der Waals surface area (Å²) < 4.78 is 2.00. The highest BCUT2D eigenvalue weighted by Gasteiger charge is 2.29. The molecule has 0 aliphatic carbocycles. The number of hydrogen-bond acceptors (Lipinski definition) is 2. The van der Waals surface area contributed by atoms with Gasteiger partial charge in [0.1, 0.15) is 6.17 Å². The monoisotopic (exact) mass is 249 g/mol. The van der Waals surface area contributed by atoms with Crippen LogP contribution in [0.1, 0.15) is 22.1 Å². The minimum atomic E-state index is -0.170. The summed E-state index contributed by atoms with van der Waals surface area (Å²) in [5.74, 6) is -0.0293. The van der Waals surface area contributed by atoms with Crippen molar-refractivity contribution in [3.8, 4) is 0 Å². The van der Waals surface area contributed by atoms with E-state index in [-0.39, 0.29) is 12.1 Å². The first-order valence-electron chi connectivity index (χ1n) is 6.16. The molecule has 4 nitrogen and oxygen atoms in total. The third kappa shape index (κ3) is 1.40. The van der Waals surface area contributed by atoms with Gasteiger partial charge in [-0.3, -0.25) is 4.79 Å². The van der Waals surface area contributed by atoms with E-state index < -0.39 is 0 Å². The zero-order valence-corrected chi connectivity index (χ0v) is 10.1. The van der Waals surface area contributed by atoms with Gasteiger partial charge in [0.15, 0.2) is 0 Å². The van der Waals surface area contributed by atoms with Crippen LogP contribution in [0.25, 0.3) is 11.0 Å². The quantitative estimate of drug-likeness (QED) is 0.719. The highest BCUT2D eigenvalue weighted by atomic mass is 16.2. The molecular formula is C15H11N3O. The number of rotatable bonds is 1. The van der Waals surface area contributed by atoms with E-state index in [1.54, 1.807) is 6.33 Å². The second kappa shape index (κ2) is 3.68. The normalized spacial score (nSPS) is 17.5. The molecule has 2 heterocycles. The lowest BCUT2D eigenvalue weighted by Gasteiger charge is -2.14. The van der Waals surface area contributed by atoms with Crippen molar-refractivity contribution in [2.45, 2.75) is 6.17 Å². The molecule has 0 fully saturated rings. The molecule has 1 aliphatic heterocycles. The van der Waals surface area contributed by atoms with Crippen LogP contribution in [0.2, 0.25) is 0 Å². The maximum Gasteiger partial charge on any atom is 0.253 e. The lowest BCUT2D eigenvalue weighted by atomic mass is 10.1. The Balaban J connectivity index is 1.93. The van der Waals surface area contributed by atoms with Gasteiger partial charge in [-0.05, 0) is 18.2 Å². The zero-order chi connectivity index (χ0) is 12.8. The molecule has 1 atom stereocenters. The van der Waals surface area contributed by atoms with Gasteiger partial charge in [-0.25, -0.2) is 4.98 Å². The number of carbonyl (C=O) groups excluding carboxylic acids is 1. The highest BCUT2D eigenvalue weighted by molar-refractivity contribution is 5.99. The van der Waals surface area contributed by atoms with Gasteiger partial charge >= 0.3 is 0 Å². The first-order valence-corrected chi connectivity index (χ1v) is 6.16. The zero-order valence-electron chi connectivity index (χ0n) is 10.1. The predicted octanol–water partition coefficient (Wildman–Crippen LogP) is 2.33. The third-order valence-corrected chi connectivity index (χ3v) is 3.53. The number of nitrogens with zero attached hydrogens (tertiary/aromatic N) is 2. The Morgan fingerprint density at radius 1 is 1.05 bits per heavy atom. The summed E-state index contributed by atoms with van der Waals surface area (Å²) in [5, 5.41) is 3.00. The molecule has 92 valence electrons. The Morgan fingerprint density at radius 2 is 1.84 bits per heavy atom. The summed E-state index contributed by atoms with van der Waals surface area (Å²) in [7, 11) is 0. The maximum atomic E-state index is 12.0. The van der Waals surface area contributed by atoms with Crippen LogP contribution in [-0.2, 0) is 0 Å². The van der Waals surface area contributed by atoms with Crippen LogP contribution in [0.5, 0.6) is 0 Å². The number of hydrogen-bond donors (Lipinski definition) is 1. The molecule has 4 heteroatoms. The Morgan fingerprint density at radius 3 is 2.79 bits per heavy atom. The van der Waals surface area contributed by atoms with Gasteiger partial charge in [0.05, 0.1) is 17.4 Å². The van der Waals surface area contributed by atoms with Crippen molar-refractivity contribution in [1.29, 1.82) is 0 Å². The molecule has 1 aliphatic rings. The van der Waals surface area contributed by atoms with E-state index in [1.165, 1.54) is 0 Å². The molecule has 1 amide bonds. The van der Waals surface area contributed by atoms with Crippen molar-refractivity contribution < 1.29 is 4.79 Å². The number of benzene rings is 2. The van der Waals surface area contributed by atoms with Crippen molar-refractivity contribution in [1.82, 2.24) is 14.9 Å². The first-order chi connectivity index (χ1) is 9.34. The van der Waals surface area contributed by atoms with Crippen molar-refractivity contribution >= 4 is 16.9 Å². The maximum absolute atomic E-state index is 12.0. The molecule has 0 saturated carbocycles. The molecule has 1 aromatic heterocycles. The largest absolute Gasteiger partial charge is 0.327 e. The predicted molar refractivity (Wildman–Crippen MR) is 71.8 cm³/mol. The number of imidazole rings is 1. The fraction of sp³-hybridized carbons (Fsp3) is 0.0667. The van der Waals surface area contributed by atoms with Crippen LogP contribution < -0.4 is 5.32 Å². The number of carbonyl (C=O) groups is 1. The average Bonchev–Trinajstić information content (AvgIpc) is 3.01. The van der Waals surface area contributed by atoms with Gasteiger partial charge < -0.3 is 9.88 Å². The fourth-order valence-electron chi connectivity index (χ4n) is 2.63. The Labute approximate surface area is 109 Å². The van der Waals surface area contributed by atoms with Gasteiger partial charge in [-0.15, -0.1) is 0 Å². The summed E-state index contributed by atoms with van der Waals surface area (Å²) in [6.07, 6.45) is 1.61. The molecular weight excluding hydrogens is 238 g/mol. The van der Waals surface area contributed by atoms with Gasteiger partial charge in [0.25, 0.3) is 5.91 Å². The summed E-state index contributed by atoms with van der Waals surface area (Å²) in [6, 6.07) is 15.6. The number of fused-ring (bicyclic) bond motifs is 2. The lowest BCUT2D eigenvalue weighted by molar-refractivity contribution is 0.0952. The Kier molecular flexibility index (Phi) is 2.00. The molecule has 0 spiro atoms. The minimum absolute atomic E-state index is 0.0293. The summed E-state index contributed by atoms with van der Waals surface area (Å²) >= 11 is 0. The van der Waals surface area contributed by atoms with Crippen LogP contribution in [0.4, 0.5) is 0 Å². The number of amides is 1. The average molecular weight is 249 g/mol. The number of nitrogens with one attached hydrogen (secondary N) is 1. The highest BCUT2D eigenvalue weighted by Crippen LogP contribution is 2.28. The SMILES string of the molecule is O=C1NC(n2cnc3ccccc32)c2ccccc21. The first kappa shape index (κ1) is 10.3. The molecule has 0 bridgehead atoms. The molecule has 1 N–H and O–H groups in total. The van der Waals surface area contributed by atoms with Crippen LogP contribution >= 0.6 is 0 Å². The molecule has 2 aromatic carbocycles. The van der Waals surface area contributed by atoms with Gasteiger partial charge in [0, 0.05) is 11.1 Å². The van der Waals surface area contributed by atoms with Crippen LogP contribution in [0.3, 0.4) is 0 Å². The summed E-state index contributed by atoms with van der Waals surface area (Å²) in [4.78, 5) is 16.3. The topological polar surface area (TPSA) is 46.9 Å². The lowest BCUT2D eigenvalue weighted by Crippen LogP contribution is -2.24. The molecule has 19 heavy (non-hydrogen) atoms. The van der Waals surface area contributed by atoms with E-state index in [0.29, 0.717) is 0 Å². The van der Waals surface area contributed by atoms with Gasteiger partial charge in [0.2, 0.25) is 0 Å². The molecule has 0 radical (unpaired) electrons. The minimum Gasteiger partial charge on any atom is -0.327 e. The van der Waals surface area contributed by atoms with Crippen molar-refractivity contribution in [2.24, 2.45) is 0 Å². The Hall–Kier alpha value is -2.62. The van der Waals surface area contributed by atoms with Crippen molar-refractivity contribution in [3.63, 3.8) is 0 Å². The number of aromatic nitrogens is 2. The standard InChI is InChI=1S/C15H11N3O/c19-15-11-6-2-1-5-10(11)14(17-15)18-9-16-12-7-3-4-8-13(12)18/h1-9,14H,(H,17,19). The van der Waals surface area contributed by atoms with Gasteiger partial charge in [-0.1, -0.05) is 30.3 Å². The summed E-state index contributed by atoms with van der Waals surface area (Å²) in [6.45, 7) is 0. The van der Waals surface area contributed by atoms with E-state index in [9.17, 15) is 4.79 Å². The van der Waals surface area contributed by atoms with Crippen LogP contribution in [0, 0.1) is 0 Å². The second-order valence-electron chi connectivity index (χ2n) is 4.60. The summed E-state index contributed by atoms with van der Waals surface area (Å²) in [5.41, 5.74) is 3.69. The van der Waals surface area contributed by atoms with Crippen LogP contribution in [-0.4, -0.2) is 15.5 Å². The smallest absolute Gasteiger partial charge is 0.253 e. The van der Waals surface area contributed by atoms with E-state index in [0.717, 1.165) is 22.2 Å². The fourth-order valence-corrected chi connectivity index (χ4v) is 2.63. The second-order valence-corrected chi connectivity index (χ2v) is 4.60. The van der Waals surface area contributed by atoms with Crippen molar-refractivity contribution in [3.05, 3.63) is 66.0 Å². The van der Waals surface area contributed by atoms with Crippen LogP contribution in [0.15, 0.2) is 54.9 Å². The molecule has 0 saturated heterocycles. The van der Waals surface area contributed by atoms with Gasteiger partial charge in [-0.2, -0.15) is 0 Å². The Bertz CT molecular complexity index is 791. The molecule has 1 unspecified atom stereocenters. The molecule has 4 rings (SSSR count). The van der Waals surface area contributed by atoms with E-state index in [1.807, 2.05) is 53.1 Å². The molecule has 3 aromatic rings. The van der Waals surface area contributed by atoms with E-state index in [2.05, 4.69) is 10.3 Å². The third-order valence-electron chi connectivity index (χ3n) is 3.53.